The van der Waals surface area contributed by atoms with Crippen LogP contribution in [0, 0.1) is 11.8 Å². The second-order valence-corrected chi connectivity index (χ2v) is 32.4. The molecule has 0 bridgehead atoms. The monoisotopic (exact) mass is 1450 g/mol. The molecule has 99 heavy (non-hydrogen) atoms. The van der Waals surface area contributed by atoms with Crippen molar-refractivity contribution in [1.29, 1.82) is 0 Å². The van der Waals surface area contributed by atoms with Gasteiger partial charge >= 0.3 is 39.5 Å². The highest BCUT2D eigenvalue weighted by molar-refractivity contribution is 7.47. The number of hydrogen-bond acceptors (Lipinski definition) is 15. The quantitative estimate of drug-likeness (QED) is 0.0222. The molecule has 6 atom stereocenters. The molecule has 3 N–H and O–H groups in total. The molecule has 0 aliphatic carbocycles. The summed E-state index contributed by atoms with van der Waals surface area (Å²) < 4.78 is 68.6. The van der Waals surface area contributed by atoms with Crippen LogP contribution in [0.5, 0.6) is 0 Å². The number of ether oxygens (including phenoxy) is 4. The summed E-state index contributed by atoms with van der Waals surface area (Å²) in [5.41, 5.74) is 0. The zero-order valence-corrected chi connectivity index (χ0v) is 66.6. The number of rotatable bonds is 79. The van der Waals surface area contributed by atoms with Gasteiger partial charge in [0.25, 0.3) is 0 Å². The van der Waals surface area contributed by atoms with E-state index in [0.29, 0.717) is 25.7 Å². The number of hydrogen-bond donors (Lipinski definition) is 3. The first-order valence-corrected chi connectivity index (χ1v) is 44.5. The van der Waals surface area contributed by atoms with Crippen LogP contribution in [0.25, 0.3) is 0 Å². The summed E-state index contributed by atoms with van der Waals surface area (Å²) in [5.74, 6) is -0.487. The van der Waals surface area contributed by atoms with Gasteiger partial charge in [0.2, 0.25) is 0 Å². The number of phosphoric acid groups is 2. The standard InChI is InChI=1S/C80H156O17P2/c1-7-10-12-14-16-18-20-21-29-32-39-45-51-57-63-78(83)91-69-76(96-79(84)64-58-52-46-40-33-30-27-25-23-22-24-26-28-31-37-43-49-55-61-73(6)9-3)71-95-99(88,89)93-67-74(81)66-92-98(86,87)94-70-75(68-90-77(82)62-56-50-44-38-19-17-15-13-11-8-2)97-80(85)65-59-53-47-41-35-34-36-42-48-54-60-72(4)5/h72-76,81H,7-71H2,1-6H3,(H,86,87)(H,88,89)/t73?,74-,75+,76+/m0/s1. The predicted octanol–water partition coefficient (Wildman–Crippen LogP) is 23.9. The molecule has 17 nitrogen and oxygen atoms in total. The molecule has 0 radical (unpaired) electrons. The molecular weight excluding hydrogens is 1290 g/mol. The Morgan fingerprint density at radius 1 is 0.293 bits per heavy atom. The molecule has 0 rings (SSSR count). The highest BCUT2D eigenvalue weighted by atomic mass is 31.2. The number of esters is 4. The molecule has 0 fully saturated rings. The lowest BCUT2D eigenvalue weighted by atomic mass is 9.99. The first-order chi connectivity index (χ1) is 47.9. The topological polar surface area (TPSA) is 237 Å². The van der Waals surface area contributed by atoms with Crippen LogP contribution < -0.4 is 0 Å². The van der Waals surface area contributed by atoms with Crippen LogP contribution in [0.4, 0.5) is 0 Å². The van der Waals surface area contributed by atoms with Crippen LogP contribution in [0.1, 0.15) is 420 Å². The van der Waals surface area contributed by atoms with E-state index in [2.05, 4.69) is 41.5 Å². The van der Waals surface area contributed by atoms with Gasteiger partial charge in [0.1, 0.15) is 19.3 Å². The molecule has 0 aromatic heterocycles. The van der Waals surface area contributed by atoms with E-state index in [1.807, 2.05) is 0 Å². The van der Waals surface area contributed by atoms with Crippen molar-refractivity contribution in [3.63, 3.8) is 0 Å². The highest BCUT2D eigenvalue weighted by Gasteiger charge is 2.30. The van der Waals surface area contributed by atoms with E-state index in [-0.39, 0.29) is 25.7 Å². The van der Waals surface area contributed by atoms with E-state index in [1.54, 1.807) is 0 Å². The van der Waals surface area contributed by atoms with Crippen molar-refractivity contribution in [2.45, 2.75) is 439 Å². The van der Waals surface area contributed by atoms with Crippen molar-refractivity contribution in [3.8, 4) is 0 Å². The third-order valence-corrected chi connectivity index (χ3v) is 21.0. The number of aliphatic hydroxyl groups excluding tert-OH is 1. The average molecular weight is 1450 g/mol. The minimum Gasteiger partial charge on any atom is -0.462 e. The lowest BCUT2D eigenvalue weighted by Crippen LogP contribution is -2.30. The molecule has 0 heterocycles. The van der Waals surface area contributed by atoms with Gasteiger partial charge in [0.15, 0.2) is 12.2 Å². The van der Waals surface area contributed by atoms with Gasteiger partial charge in [-0.05, 0) is 37.5 Å². The van der Waals surface area contributed by atoms with Gasteiger partial charge in [-0.25, -0.2) is 9.13 Å². The van der Waals surface area contributed by atoms with Gasteiger partial charge in [0.05, 0.1) is 26.4 Å². The van der Waals surface area contributed by atoms with E-state index in [1.165, 1.54) is 238 Å². The normalized spacial score (nSPS) is 14.2. The molecule has 0 aromatic rings. The van der Waals surface area contributed by atoms with Crippen LogP contribution in [0.2, 0.25) is 0 Å². The number of carbonyl (C=O) groups is 4. The van der Waals surface area contributed by atoms with Crippen LogP contribution in [0.15, 0.2) is 0 Å². The molecule has 588 valence electrons. The second kappa shape index (κ2) is 71.7. The molecule has 0 aliphatic rings. The van der Waals surface area contributed by atoms with Crippen LogP contribution in [0.3, 0.4) is 0 Å². The molecule has 0 aromatic carbocycles. The van der Waals surface area contributed by atoms with Gasteiger partial charge in [-0.2, -0.15) is 0 Å². The van der Waals surface area contributed by atoms with Crippen molar-refractivity contribution >= 4 is 39.5 Å². The Kier molecular flexibility index (Phi) is 70.3. The Morgan fingerprint density at radius 2 is 0.515 bits per heavy atom. The first-order valence-electron chi connectivity index (χ1n) is 41.5. The van der Waals surface area contributed by atoms with Crippen molar-refractivity contribution in [2.24, 2.45) is 11.8 Å². The molecular formula is C80H156O17P2. The second-order valence-electron chi connectivity index (χ2n) is 29.5. The summed E-state index contributed by atoms with van der Waals surface area (Å²) in [4.78, 5) is 72.9. The summed E-state index contributed by atoms with van der Waals surface area (Å²) >= 11 is 0. The summed E-state index contributed by atoms with van der Waals surface area (Å²) in [6.07, 6.45) is 61.0. The largest absolute Gasteiger partial charge is 0.472 e. The third-order valence-electron chi connectivity index (χ3n) is 19.1. The minimum atomic E-state index is -4.96. The fourth-order valence-corrected chi connectivity index (χ4v) is 13.9. The van der Waals surface area contributed by atoms with Gasteiger partial charge in [0, 0.05) is 25.7 Å². The molecule has 0 saturated heterocycles. The molecule has 19 heteroatoms. The van der Waals surface area contributed by atoms with Gasteiger partial charge < -0.3 is 33.8 Å². The Balaban J connectivity index is 5.20. The van der Waals surface area contributed by atoms with E-state index in [9.17, 15) is 43.2 Å². The Bertz CT molecular complexity index is 1910. The lowest BCUT2D eigenvalue weighted by Gasteiger charge is -2.21. The van der Waals surface area contributed by atoms with Gasteiger partial charge in [-0.15, -0.1) is 0 Å². The molecule has 0 saturated carbocycles. The van der Waals surface area contributed by atoms with Gasteiger partial charge in [-0.1, -0.05) is 369 Å². The Hall–Kier alpha value is -1.94. The fraction of sp³-hybridized carbons (Fsp3) is 0.950. The van der Waals surface area contributed by atoms with Crippen LogP contribution in [-0.2, 0) is 65.4 Å². The zero-order valence-electron chi connectivity index (χ0n) is 64.8. The molecule has 0 spiro atoms. The lowest BCUT2D eigenvalue weighted by molar-refractivity contribution is -0.161. The maximum absolute atomic E-state index is 13.1. The first kappa shape index (κ1) is 97.1. The summed E-state index contributed by atoms with van der Waals surface area (Å²) in [6.45, 7) is 9.68. The number of carbonyl (C=O) groups excluding carboxylic acids is 4. The predicted molar refractivity (Wildman–Crippen MR) is 405 cm³/mol. The van der Waals surface area contributed by atoms with Crippen molar-refractivity contribution in [3.05, 3.63) is 0 Å². The smallest absolute Gasteiger partial charge is 0.462 e. The maximum Gasteiger partial charge on any atom is 0.472 e. The molecule has 3 unspecified atom stereocenters. The van der Waals surface area contributed by atoms with Gasteiger partial charge in [-0.3, -0.25) is 37.3 Å². The highest BCUT2D eigenvalue weighted by Crippen LogP contribution is 2.45. The van der Waals surface area contributed by atoms with Crippen LogP contribution >= 0.6 is 15.6 Å². The average Bonchev–Trinajstić information content (AvgIpc) is 0.961. The molecule has 0 aliphatic heterocycles. The zero-order chi connectivity index (χ0) is 72.8. The Morgan fingerprint density at radius 3 is 0.768 bits per heavy atom. The number of aliphatic hydroxyl groups is 1. The fourth-order valence-electron chi connectivity index (χ4n) is 12.3. The van der Waals surface area contributed by atoms with E-state index < -0.39 is 97.5 Å². The summed E-state index contributed by atoms with van der Waals surface area (Å²) in [6, 6.07) is 0. The third kappa shape index (κ3) is 72.8. The summed E-state index contributed by atoms with van der Waals surface area (Å²) in [5, 5.41) is 10.6. The number of unbranched alkanes of at least 4 members (excludes halogenated alkanes) is 48. The maximum atomic E-state index is 13.1. The van der Waals surface area contributed by atoms with Crippen molar-refractivity contribution < 1.29 is 80.2 Å². The van der Waals surface area contributed by atoms with Crippen molar-refractivity contribution in [1.82, 2.24) is 0 Å². The minimum absolute atomic E-state index is 0.106. The van der Waals surface area contributed by atoms with E-state index >= 15 is 0 Å². The van der Waals surface area contributed by atoms with E-state index in [0.717, 1.165) is 102 Å². The van der Waals surface area contributed by atoms with Crippen molar-refractivity contribution in [2.75, 3.05) is 39.6 Å². The van der Waals surface area contributed by atoms with Crippen LogP contribution in [-0.4, -0.2) is 96.7 Å². The SMILES string of the molecule is CCCCCCCCCCCCCCCCC(=O)OC[C@H](COP(=O)(O)OC[C@@H](O)COP(=O)(O)OC[C@@H](COC(=O)CCCCCCCCCCCC)OC(=O)CCCCCCCCCCCCC(C)C)OC(=O)CCCCCCCCCCCCCCCCCCCCC(C)CC. The Labute approximate surface area is 607 Å². The molecule has 0 amide bonds. The summed E-state index contributed by atoms with van der Waals surface area (Å²) in [7, 11) is -9.92. The van der Waals surface area contributed by atoms with E-state index in [4.69, 9.17) is 37.0 Å². The number of phosphoric ester groups is 2.